The molecule has 11 nitrogen and oxygen atoms in total. The van der Waals surface area contributed by atoms with Gasteiger partial charge in [0.15, 0.2) is 0 Å². The number of amides is 1. The Kier molecular flexibility index (Phi) is 10.9. The van der Waals surface area contributed by atoms with Gasteiger partial charge >= 0.3 is 6.09 Å². The van der Waals surface area contributed by atoms with Gasteiger partial charge < -0.3 is 35.9 Å². The summed E-state index contributed by atoms with van der Waals surface area (Å²) in [6, 6.07) is 28.6. The van der Waals surface area contributed by atoms with E-state index < -0.39 is 12.2 Å². The minimum atomic E-state index is -0.925. The second-order valence-electron chi connectivity index (χ2n) is 14.1. The van der Waals surface area contributed by atoms with Crippen LogP contribution in [0.15, 0.2) is 102 Å². The van der Waals surface area contributed by atoms with Gasteiger partial charge in [0, 0.05) is 48.7 Å². The Morgan fingerprint density at radius 1 is 0.962 bits per heavy atom. The number of phenols is 1. The number of benzene rings is 4. The molecule has 1 amide bonds. The van der Waals surface area contributed by atoms with E-state index in [0.717, 1.165) is 90.5 Å². The molecule has 1 aliphatic carbocycles. The van der Waals surface area contributed by atoms with Crippen LogP contribution >= 0.6 is 0 Å². The summed E-state index contributed by atoms with van der Waals surface area (Å²) in [6.07, 6.45) is 5.98. The fraction of sp³-hybridized carbons (Fsp3) is 0.310. The highest BCUT2D eigenvalue weighted by molar-refractivity contribution is 5.94. The molecule has 7 rings (SSSR count). The lowest BCUT2D eigenvalue weighted by Gasteiger charge is -2.35. The Bertz CT molecular complexity index is 2260. The van der Waals surface area contributed by atoms with Gasteiger partial charge in [-0.3, -0.25) is 9.69 Å². The third-order valence-corrected chi connectivity index (χ3v) is 10.5. The first-order valence-corrected chi connectivity index (χ1v) is 18.4. The van der Waals surface area contributed by atoms with Crippen molar-refractivity contribution in [2.24, 2.45) is 5.73 Å². The van der Waals surface area contributed by atoms with E-state index in [1.165, 1.54) is 12.1 Å². The number of carbonyl (C=O) groups is 1. The van der Waals surface area contributed by atoms with Crippen LogP contribution < -0.4 is 21.5 Å². The van der Waals surface area contributed by atoms with E-state index in [1.54, 1.807) is 17.0 Å². The van der Waals surface area contributed by atoms with Gasteiger partial charge in [-0.15, -0.1) is 0 Å². The zero-order valence-electron chi connectivity index (χ0n) is 29.6. The molecule has 2 aromatic heterocycles. The molecule has 11 heteroatoms. The molecule has 0 aliphatic heterocycles. The number of pyridine rings is 1. The molecule has 0 bridgehead atoms. The van der Waals surface area contributed by atoms with Crippen molar-refractivity contribution in [3.8, 4) is 16.9 Å². The average molecular weight is 715 g/mol. The third-order valence-electron chi connectivity index (χ3n) is 10.5. The zero-order valence-corrected chi connectivity index (χ0v) is 29.6. The van der Waals surface area contributed by atoms with Gasteiger partial charge in [0.2, 0.25) is 5.56 Å². The smallest absolute Gasteiger partial charge is 0.412 e. The predicted molar refractivity (Wildman–Crippen MR) is 208 cm³/mol. The number of aromatic hydroxyl groups is 1. The molecule has 4 aromatic carbocycles. The first-order valence-electron chi connectivity index (χ1n) is 18.4. The lowest BCUT2D eigenvalue weighted by Crippen LogP contribution is -2.44. The van der Waals surface area contributed by atoms with E-state index in [-0.39, 0.29) is 29.9 Å². The number of H-pyrrole nitrogens is 1. The summed E-state index contributed by atoms with van der Waals surface area (Å²) in [7, 11) is 0. The number of aliphatic hydroxyl groups is 1. The van der Waals surface area contributed by atoms with Gasteiger partial charge in [-0.2, -0.15) is 0 Å². The van der Waals surface area contributed by atoms with Crippen LogP contribution in [0, 0.1) is 0 Å². The van der Waals surface area contributed by atoms with E-state index in [4.69, 9.17) is 5.73 Å². The number of nitrogens with one attached hydrogen (secondary N) is 2. The molecule has 0 saturated heterocycles. The highest BCUT2D eigenvalue weighted by Crippen LogP contribution is 2.37. The van der Waals surface area contributed by atoms with Crippen molar-refractivity contribution in [2.45, 2.75) is 76.2 Å². The van der Waals surface area contributed by atoms with Gasteiger partial charge in [0.1, 0.15) is 5.75 Å². The van der Waals surface area contributed by atoms with E-state index in [9.17, 15) is 24.9 Å². The number of nitrogens with zero attached hydrogens (tertiary/aromatic N) is 3. The number of aromatic nitrogens is 3. The zero-order chi connectivity index (χ0) is 36.9. The molecule has 6 aromatic rings. The predicted octanol–water partition coefficient (Wildman–Crippen LogP) is 6.85. The van der Waals surface area contributed by atoms with Crippen LogP contribution in [0.4, 0.5) is 10.5 Å². The van der Waals surface area contributed by atoms with Gasteiger partial charge in [-0.05, 0) is 97.5 Å². The second-order valence-corrected chi connectivity index (χ2v) is 14.1. The Labute approximate surface area is 307 Å². The number of rotatable bonds is 13. The highest BCUT2D eigenvalue weighted by Gasteiger charge is 2.30. The largest absolute Gasteiger partial charge is 0.506 e. The van der Waals surface area contributed by atoms with Crippen molar-refractivity contribution in [3.05, 3.63) is 124 Å². The maximum absolute atomic E-state index is 12.7. The maximum atomic E-state index is 12.7. The highest BCUT2D eigenvalue weighted by atomic mass is 16.4. The number of nitrogens with two attached hydrogens (primary N) is 1. The first kappa shape index (κ1) is 35.9. The van der Waals surface area contributed by atoms with Crippen LogP contribution in [0.25, 0.3) is 33.1 Å². The second kappa shape index (κ2) is 16.0. The Hall–Kier alpha value is -5.49. The first-order chi connectivity index (χ1) is 25.7. The molecular formula is C42H46N6O5. The molecule has 1 atom stereocenters. The molecule has 0 unspecified atom stereocenters. The summed E-state index contributed by atoms with van der Waals surface area (Å²) in [5.41, 5.74) is 13.5. The average Bonchev–Trinajstić information content (AvgIpc) is 3.57. The monoisotopic (exact) mass is 714 g/mol. The Balaban J connectivity index is 0.966. The number of aryl methyl sites for hydroxylation is 2. The van der Waals surface area contributed by atoms with E-state index >= 15 is 0 Å². The third kappa shape index (κ3) is 8.12. The fourth-order valence-corrected chi connectivity index (χ4v) is 7.63. The van der Waals surface area contributed by atoms with E-state index in [1.807, 2.05) is 36.7 Å². The van der Waals surface area contributed by atoms with Crippen molar-refractivity contribution in [1.82, 2.24) is 19.9 Å². The molecule has 1 fully saturated rings. The van der Waals surface area contributed by atoms with Crippen molar-refractivity contribution in [3.63, 3.8) is 0 Å². The normalized spacial score (nSPS) is 16.6. The lowest BCUT2D eigenvalue weighted by atomic mass is 9.89. The van der Waals surface area contributed by atoms with Gasteiger partial charge in [-0.1, -0.05) is 54.6 Å². The summed E-state index contributed by atoms with van der Waals surface area (Å²) in [5, 5.41) is 35.4. The number of phenolic OH excluding ortho intramolecular Hbond substituents is 1. The number of carboxylic acid groups (broad SMARTS) is 1. The van der Waals surface area contributed by atoms with Crippen LogP contribution in [-0.2, 0) is 19.5 Å². The number of imidazole rings is 1. The molecule has 1 saturated carbocycles. The number of fused-ring (bicyclic) bond motifs is 2. The Morgan fingerprint density at radius 3 is 2.55 bits per heavy atom. The van der Waals surface area contributed by atoms with Gasteiger partial charge in [0.05, 0.1) is 34.7 Å². The van der Waals surface area contributed by atoms with Crippen LogP contribution in [0.1, 0.15) is 61.3 Å². The quantitative estimate of drug-likeness (QED) is 0.0706. The van der Waals surface area contributed by atoms with Gasteiger partial charge in [-0.25, -0.2) is 9.78 Å². The molecule has 274 valence electrons. The number of unbranched alkanes of at least 4 members (excludes halogenated alkanes) is 1. The van der Waals surface area contributed by atoms with Gasteiger partial charge in [0.25, 0.3) is 0 Å². The molecule has 7 N–H and O–H groups in total. The van der Waals surface area contributed by atoms with E-state index in [2.05, 4.69) is 56.3 Å². The van der Waals surface area contributed by atoms with Crippen molar-refractivity contribution in [2.75, 3.05) is 11.4 Å². The number of hydrogen-bond acceptors (Lipinski definition) is 7. The lowest BCUT2D eigenvalue weighted by molar-refractivity contribution is 0.176. The van der Waals surface area contributed by atoms with Crippen LogP contribution in [0.2, 0.25) is 0 Å². The summed E-state index contributed by atoms with van der Waals surface area (Å²) in [6.45, 7) is 1.63. The SMILES string of the molecule is N[C@H]1CC[C@H](N(C(=O)O)c2cc(CCCCn3cnc4cc(CNC[C@H](O)c5ccc(O)c6[nH]c(=O)ccc56)ccc43)ccc2-c2ccccc2)CC1. The summed E-state index contributed by atoms with van der Waals surface area (Å²) >= 11 is 0. The Morgan fingerprint density at radius 2 is 1.75 bits per heavy atom. The minimum absolute atomic E-state index is 0.0394. The molecule has 0 spiro atoms. The standard InChI is InChI=1S/C42H46N6O5/c43-30-11-13-31(14-12-30)48(42(52)53)37-23-27(9-15-32(37)29-7-2-1-3-8-29)6-4-5-21-47-26-45-35-22-28(10-18-36(35)47)24-44-25-39(50)33-16-19-38(49)41-34(33)17-20-40(51)46-41/h1-3,7-10,15-20,22-23,26,30-31,39,44,49-50H,4-6,11-14,21,24-25,43H2,(H,46,51)(H,52,53)/t30-,31-,39-/m0/s1. The van der Waals surface area contributed by atoms with Crippen molar-refractivity contribution >= 4 is 33.7 Å². The van der Waals surface area contributed by atoms with E-state index in [0.29, 0.717) is 23.0 Å². The maximum Gasteiger partial charge on any atom is 0.412 e. The molecule has 53 heavy (non-hydrogen) atoms. The van der Waals surface area contributed by atoms with Crippen LogP contribution in [-0.4, -0.2) is 54.6 Å². The molecular weight excluding hydrogens is 668 g/mol. The molecule has 2 heterocycles. The van der Waals surface area contributed by atoms with Crippen molar-refractivity contribution in [1.29, 1.82) is 0 Å². The summed E-state index contributed by atoms with van der Waals surface area (Å²) < 4.78 is 2.17. The number of anilines is 1. The van der Waals surface area contributed by atoms with Crippen molar-refractivity contribution < 1.29 is 20.1 Å². The molecule has 1 aliphatic rings. The van der Waals surface area contributed by atoms with Crippen LogP contribution in [0.3, 0.4) is 0 Å². The molecule has 0 radical (unpaired) electrons. The number of aliphatic hydroxyl groups excluding tert-OH is 1. The number of hydrogen-bond donors (Lipinski definition) is 6. The fourth-order valence-electron chi connectivity index (χ4n) is 7.63. The topological polar surface area (TPSA) is 170 Å². The van der Waals surface area contributed by atoms with Crippen LogP contribution in [0.5, 0.6) is 5.75 Å². The summed E-state index contributed by atoms with van der Waals surface area (Å²) in [4.78, 5) is 33.4. The minimum Gasteiger partial charge on any atom is -0.506 e. The number of aromatic amines is 1. The summed E-state index contributed by atoms with van der Waals surface area (Å²) in [5.74, 6) is -0.0394.